The van der Waals surface area contributed by atoms with Crippen LogP contribution in [0.25, 0.3) is 0 Å². The number of anilines is 5. The Labute approximate surface area is 205 Å². The first kappa shape index (κ1) is 23.1. The van der Waals surface area contributed by atoms with Crippen molar-refractivity contribution in [2.45, 2.75) is 57.0 Å². The van der Waals surface area contributed by atoms with E-state index in [1.165, 1.54) is 50.1 Å². The zero-order chi connectivity index (χ0) is 24.0. The van der Waals surface area contributed by atoms with Crippen molar-refractivity contribution in [2.75, 3.05) is 34.9 Å². The molecule has 1 aliphatic carbocycles. The minimum atomic E-state index is -0.450. The predicted molar refractivity (Wildman–Crippen MR) is 137 cm³/mol. The number of benzene rings is 2. The zero-order valence-corrected chi connectivity index (χ0v) is 20.0. The first-order chi connectivity index (χ1) is 17.2. The lowest BCUT2D eigenvalue weighted by Gasteiger charge is -2.18. The van der Waals surface area contributed by atoms with E-state index in [-0.39, 0.29) is 11.8 Å². The molecule has 8 nitrogen and oxygen atoms in total. The van der Waals surface area contributed by atoms with E-state index in [4.69, 9.17) is 4.74 Å². The summed E-state index contributed by atoms with van der Waals surface area (Å²) in [6, 6.07) is 13.6. The molecule has 0 bridgehead atoms. The summed E-state index contributed by atoms with van der Waals surface area (Å²) in [6.45, 7) is 0.665. The molecule has 0 amide bonds. The number of hydrogen-bond acceptors (Lipinski definition) is 8. The third kappa shape index (κ3) is 5.90. The number of nitrogens with one attached hydrogen (secondary N) is 4. The van der Waals surface area contributed by atoms with Gasteiger partial charge in [-0.05, 0) is 43.0 Å². The third-order valence-electron chi connectivity index (χ3n) is 6.58. The van der Waals surface area contributed by atoms with Crippen LogP contribution in [0.2, 0.25) is 0 Å². The van der Waals surface area contributed by atoms with E-state index in [0.29, 0.717) is 36.1 Å². The number of para-hydroxylation sites is 1. The summed E-state index contributed by atoms with van der Waals surface area (Å²) in [6.07, 6.45) is 8.10. The van der Waals surface area contributed by atoms with Crippen LogP contribution in [0.1, 0.15) is 44.1 Å². The Morgan fingerprint density at radius 2 is 1.74 bits per heavy atom. The number of methoxy groups -OCH3 is 1. The normalized spacial score (nSPS) is 17.7. The number of hydrogen-bond donors (Lipinski definition) is 4. The molecule has 1 aromatic heterocycles. The van der Waals surface area contributed by atoms with Gasteiger partial charge in [-0.15, -0.1) is 0 Å². The van der Waals surface area contributed by atoms with E-state index < -0.39 is 5.82 Å². The Morgan fingerprint density at radius 3 is 2.51 bits per heavy atom. The standard InChI is InChI=1S/C26H32FN7O/c1-35-23-13-12-19(15-21(23)27)31-26-33-24(28-16-20-14-17-8-6-7-11-22(17)29-20)32-25(34-26)30-18-9-4-2-3-5-10-18/h6-8,11-13,15,18,20,29H,2-5,9-10,14,16H2,1H3,(H3,28,30,31,32,33,34). The van der Waals surface area contributed by atoms with E-state index in [1.54, 1.807) is 12.1 Å². The molecular formula is C26H32FN7O. The number of nitrogens with zero attached hydrogens (tertiary/aromatic N) is 3. The summed E-state index contributed by atoms with van der Waals surface area (Å²) in [4.78, 5) is 13.8. The number of ether oxygens (including phenoxy) is 1. The van der Waals surface area contributed by atoms with Crippen LogP contribution >= 0.6 is 0 Å². The predicted octanol–water partition coefficient (Wildman–Crippen LogP) is 5.35. The molecule has 2 aliphatic rings. The van der Waals surface area contributed by atoms with Crippen molar-refractivity contribution in [3.05, 3.63) is 53.8 Å². The maximum atomic E-state index is 14.2. The van der Waals surface area contributed by atoms with Crippen LogP contribution in [0.3, 0.4) is 0 Å². The topological polar surface area (TPSA) is 96.0 Å². The van der Waals surface area contributed by atoms with Crippen molar-refractivity contribution < 1.29 is 9.13 Å². The Balaban J connectivity index is 1.32. The second-order valence-corrected chi connectivity index (χ2v) is 9.20. The van der Waals surface area contributed by atoms with Gasteiger partial charge in [-0.25, -0.2) is 4.39 Å². The minimum Gasteiger partial charge on any atom is -0.494 e. The number of halogens is 1. The molecule has 0 radical (unpaired) electrons. The lowest BCUT2D eigenvalue weighted by atomic mass is 10.1. The zero-order valence-electron chi connectivity index (χ0n) is 20.0. The van der Waals surface area contributed by atoms with Crippen LogP contribution in [0.5, 0.6) is 5.75 Å². The lowest BCUT2D eigenvalue weighted by Crippen LogP contribution is -2.27. The van der Waals surface area contributed by atoms with E-state index in [2.05, 4.69) is 54.4 Å². The van der Waals surface area contributed by atoms with Gasteiger partial charge in [-0.3, -0.25) is 0 Å². The van der Waals surface area contributed by atoms with Crippen LogP contribution in [0, 0.1) is 5.82 Å². The largest absolute Gasteiger partial charge is 0.494 e. The average Bonchev–Trinajstić information content (AvgIpc) is 3.11. The highest BCUT2D eigenvalue weighted by molar-refractivity contribution is 5.58. The maximum absolute atomic E-state index is 14.2. The Morgan fingerprint density at radius 1 is 0.971 bits per heavy atom. The van der Waals surface area contributed by atoms with Gasteiger partial charge in [-0.2, -0.15) is 15.0 Å². The molecule has 184 valence electrons. The van der Waals surface area contributed by atoms with Gasteiger partial charge in [0.1, 0.15) is 0 Å². The number of rotatable bonds is 8. The van der Waals surface area contributed by atoms with Gasteiger partial charge in [-0.1, -0.05) is 43.9 Å². The number of fused-ring (bicyclic) bond motifs is 1. The Kier molecular flexibility index (Phi) is 7.11. The van der Waals surface area contributed by atoms with Gasteiger partial charge >= 0.3 is 0 Å². The smallest absolute Gasteiger partial charge is 0.233 e. The van der Waals surface area contributed by atoms with Crippen molar-refractivity contribution in [1.29, 1.82) is 0 Å². The molecule has 1 aliphatic heterocycles. The molecular weight excluding hydrogens is 445 g/mol. The van der Waals surface area contributed by atoms with Crippen molar-refractivity contribution in [1.82, 2.24) is 15.0 Å². The van der Waals surface area contributed by atoms with Crippen LogP contribution in [0.15, 0.2) is 42.5 Å². The minimum absolute atomic E-state index is 0.189. The molecule has 9 heteroatoms. The van der Waals surface area contributed by atoms with E-state index >= 15 is 0 Å². The maximum Gasteiger partial charge on any atom is 0.233 e. The lowest BCUT2D eigenvalue weighted by molar-refractivity contribution is 0.386. The van der Waals surface area contributed by atoms with Crippen molar-refractivity contribution in [3.63, 3.8) is 0 Å². The number of aromatic nitrogens is 3. The fraction of sp³-hybridized carbons (Fsp3) is 0.423. The molecule has 0 saturated heterocycles. The quantitative estimate of drug-likeness (QED) is 0.323. The second kappa shape index (κ2) is 10.8. The Bertz CT molecular complexity index is 1130. The molecule has 4 N–H and O–H groups in total. The van der Waals surface area contributed by atoms with Crippen LogP contribution < -0.4 is 26.0 Å². The van der Waals surface area contributed by atoms with Crippen LogP contribution in [0.4, 0.5) is 33.6 Å². The molecule has 1 atom stereocenters. The molecule has 1 saturated carbocycles. The highest BCUT2D eigenvalue weighted by Crippen LogP contribution is 2.26. The summed E-state index contributed by atoms with van der Waals surface area (Å²) in [5.74, 6) is 1.09. The summed E-state index contributed by atoms with van der Waals surface area (Å²) < 4.78 is 19.2. The summed E-state index contributed by atoms with van der Waals surface area (Å²) in [5.41, 5.74) is 3.03. The fourth-order valence-corrected chi connectivity index (χ4v) is 4.77. The van der Waals surface area contributed by atoms with Gasteiger partial charge < -0.3 is 26.0 Å². The molecule has 2 heterocycles. The highest BCUT2D eigenvalue weighted by atomic mass is 19.1. The highest BCUT2D eigenvalue weighted by Gasteiger charge is 2.21. The third-order valence-corrected chi connectivity index (χ3v) is 6.58. The molecule has 2 aromatic carbocycles. The van der Waals surface area contributed by atoms with Gasteiger partial charge in [0, 0.05) is 36.1 Å². The van der Waals surface area contributed by atoms with Crippen LogP contribution in [-0.4, -0.2) is 40.7 Å². The average molecular weight is 478 g/mol. The summed E-state index contributed by atoms with van der Waals surface area (Å²) in [5, 5.41) is 13.5. The van der Waals surface area contributed by atoms with E-state index in [9.17, 15) is 4.39 Å². The first-order valence-electron chi connectivity index (χ1n) is 12.4. The van der Waals surface area contributed by atoms with E-state index in [1.807, 2.05) is 6.07 Å². The molecule has 1 fully saturated rings. The molecule has 35 heavy (non-hydrogen) atoms. The molecule has 0 spiro atoms. The Hall–Kier alpha value is -3.62. The van der Waals surface area contributed by atoms with Gasteiger partial charge in [0.15, 0.2) is 11.6 Å². The molecule has 3 aromatic rings. The first-order valence-corrected chi connectivity index (χ1v) is 12.4. The summed E-state index contributed by atoms with van der Waals surface area (Å²) in [7, 11) is 1.44. The fourth-order valence-electron chi connectivity index (χ4n) is 4.77. The van der Waals surface area contributed by atoms with Crippen molar-refractivity contribution >= 4 is 29.2 Å². The summed E-state index contributed by atoms with van der Waals surface area (Å²) >= 11 is 0. The second-order valence-electron chi connectivity index (χ2n) is 9.20. The van der Waals surface area contributed by atoms with Gasteiger partial charge in [0.2, 0.25) is 17.8 Å². The monoisotopic (exact) mass is 477 g/mol. The van der Waals surface area contributed by atoms with Crippen molar-refractivity contribution in [2.24, 2.45) is 0 Å². The van der Waals surface area contributed by atoms with Gasteiger partial charge in [0.05, 0.1) is 7.11 Å². The molecule has 1 unspecified atom stereocenters. The SMILES string of the molecule is COc1ccc(Nc2nc(NCC3Cc4ccccc4N3)nc(NC3CCCCCC3)n2)cc1F. The molecule has 5 rings (SSSR count). The van der Waals surface area contributed by atoms with Crippen LogP contribution in [-0.2, 0) is 6.42 Å². The van der Waals surface area contributed by atoms with E-state index in [0.717, 1.165) is 19.3 Å². The van der Waals surface area contributed by atoms with Gasteiger partial charge in [0.25, 0.3) is 0 Å². The van der Waals surface area contributed by atoms with Crippen molar-refractivity contribution in [3.8, 4) is 5.75 Å².